The van der Waals surface area contributed by atoms with Crippen molar-refractivity contribution < 1.29 is 4.18 Å². The van der Waals surface area contributed by atoms with Crippen LogP contribution in [0.15, 0.2) is 60.7 Å². The van der Waals surface area contributed by atoms with Gasteiger partial charge < -0.3 is 14.8 Å². The topological polar surface area (TPSA) is 62.3 Å². The van der Waals surface area contributed by atoms with Crippen LogP contribution < -0.4 is 14.9 Å². The van der Waals surface area contributed by atoms with E-state index in [4.69, 9.17) is 14.2 Å². The maximum atomic E-state index is 5.14. The molecule has 0 fully saturated rings. The van der Waals surface area contributed by atoms with Gasteiger partial charge in [-0.2, -0.15) is 13.5 Å². The Balaban J connectivity index is 0.00000300. The molecule has 0 bridgehead atoms. The molecular weight excluding hydrogens is 402 g/mol. The molecule has 0 aliphatic heterocycles. The summed E-state index contributed by atoms with van der Waals surface area (Å²) in [6.07, 6.45) is 0. The number of hydrogen-bond acceptors (Lipinski definition) is 7. The quantitative estimate of drug-likeness (QED) is 0.364. The Hall–Kier alpha value is -2.42. The van der Waals surface area contributed by atoms with Crippen molar-refractivity contribution >= 4 is 48.7 Å². The number of nitrogens with zero attached hydrogens (tertiary/aromatic N) is 3. The van der Waals surface area contributed by atoms with Crippen LogP contribution in [-0.2, 0) is 4.18 Å². The molecule has 0 unspecified atom stereocenters. The molecule has 1 heterocycles. The van der Waals surface area contributed by atoms with Crippen molar-refractivity contribution in [2.75, 3.05) is 29.1 Å². The lowest BCUT2D eigenvalue weighted by Gasteiger charge is -2.17. The minimum Gasteiger partial charge on any atom is -0.368 e. The smallest absolute Gasteiger partial charge is 0.163 e. The first-order chi connectivity index (χ1) is 13.5. The van der Waals surface area contributed by atoms with E-state index < -0.39 is 0 Å². The Kier molecular flexibility index (Phi) is 8.63. The van der Waals surface area contributed by atoms with E-state index in [1.165, 1.54) is 12.2 Å². The number of para-hydroxylation sites is 1. The van der Waals surface area contributed by atoms with Crippen molar-refractivity contribution in [1.82, 2.24) is 9.97 Å². The van der Waals surface area contributed by atoms with E-state index in [9.17, 15) is 0 Å². The lowest BCUT2D eigenvalue weighted by molar-refractivity contribution is 0.489. The summed E-state index contributed by atoms with van der Waals surface area (Å²) in [5.74, 6) is 2.18. The first-order valence-corrected chi connectivity index (χ1v) is 9.77. The summed E-state index contributed by atoms with van der Waals surface area (Å²) >= 11 is 1.27. The molecule has 0 aliphatic carbocycles. The number of hydrogen-bond donors (Lipinski definition) is 2. The number of nitrogens with one attached hydrogen (secondary N) is 2. The highest BCUT2D eigenvalue weighted by Crippen LogP contribution is 2.28. The van der Waals surface area contributed by atoms with Crippen LogP contribution in [0.2, 0.25) is 0 Å². The van der Waals surface area contributed by atoms with Crippen molar-refractivity contribution in [3.05, 3.63) is 60.7 Å². The number of aromatic nitrogens is 2. The second kappa shape index (κ2) is 10.9. The van der Waals surface area contributed by atoms with E-state index >= 15 is 0 Å². The summed E-state index contributed by atoms with van der Waals surface area (Å²) in [6.45, 7) is 4.17. The summed E-state index contributed by atoms with van der Waals surface area (Å²) in [7, 11) is 3.60. The Morgan fingerprint density at radius 1 is 0.966 bits per heavy atom. The van der Waals surface area contributed by atoms with E-state index in [2.05, 4.69) is 24.5 Å². The van der Waals surface area contributed by atoms with Crippen molar-refractivity contribution in [2.24, 2.45) is 0 Å². The first kappa shape index (κ1) is 22.9. The van der Waals surface area contributed by atoms with Crippen LogP contribution in [0.1, 0.15) is 13.8 Å². The Bertz CT molecular complexity index is 909. The average molecular weight is 430 g/mol. The second-order valence-corrected chi connectivity index (χ2v) is 7.57. The summed E-state index contributed by atoms with van der Waals surface area (Å²) < 4.78 is 7.09. The van der Waals surface area contributed by atoms with Crippen molar-refractivity contribution in [1.29, 1.82) is 0 Å². The molecule has 29 heavy (non-hydrogen) atoms. The molecule has 1 aromatic heterocycles. The Labute approximate surface area is 183 Å². The zero-order chi connectivity index (χ0) is 19.9. The molecule has 154 valence electrons. The van der Waals surface area contributed by atoms with Gasteiger partial charge in [-0.05, 0) is 38.1 Å². The van der Waals surface area contributed by atoms with Gasteiger partial charge in [0.25, 0.3) is 0 Å². The van der Waals surface area contributed by atoms with Gasteiger partial charge in [0.05, 0.1) is 7.11 Å². The zero-order valence-corrected chi connectivity index (χ0v) is 18.8. The van der Waals surface area contributed by atoms with Crippen molar-refractivity contribution in [2.45, 2.75) is 19.9 Å². The lowest BCUT2D eigenvalue weighted by Crippen LogP contribution is -2.12. The Morgan fingerprint density at radius 2 is 1.69 bits per heavy atom. The predicted octanol–water partition coefficient (Wildman–Crippen LogP) is 5.47. The third-order valence-corrected chi connectivity index (χ3v) is 4.45. The molecule has 3 aromatic rings. The van der Waals surface area contributed by atoms with Crippen LogP contribution in [0.5, 0.6) is 0 Å². The number of anilines is 4. The van der Waals surface area contributed by atoms with Crippen LogP contribution >= 0.6 is 25.7 Å². The molecule has 0 saturated carbocycles. The summed E-state index contributed by atoms with van der Waals surface area (Å²) in [4.78, 5) is 9.45. The molecule has 0 amide bonds. The fourth-order valence-corrected chi connectivity index (χ4v) is 3.10. The third kappa shape index (κ3) is 6.56. The fraction of sp³-hybridized carbons (Fsp3) is 0.238. The third-order valence-electron chi connectivity index (χ3n) is 3.86. The van der Waals surface area contributed by atoms with Gasteiger partial charge >= 0.3 is 0 Å². The normalized spacial score (nSPS) is 10.4. The molecule has 6 nitrogen and oxygen atoms in total. The summed E-state index contributed by atoms with van der Waals surface area (Å²) in [5, 5.41) is 6.73. The standard InChI is InChI=1S/C21H25N5OS.H2S/c1-15(2)22-19-14-20(23-17-10-6-5-7-11-17)25-21(24-19)16-9-8-12-18(13-16)26(3)28-27-4;/h5-15H,1-4H3,(H2,22,23,24,25);1H2. The maximum absolute atomic E-state index is 5.14. The molecular formula is C21H27N5OS2. The van der Waals surface area contributed by atoms with E-state index in [0.717, 1.165) is 28.6 Å². The highest BCUT2D eigenvalue weighted by Gasteiger charge is 2.10. The van der Waals surface area contributed by atoms with Gasteiger partial charge in [0.15, 0.2) is 5.82 Å². The van der Waals surface area contributed by atoms with Crippen LogP contribution in [0, 0.1) is 0 Å². The minimum atomic E-state index is 0. The molecule has 0 spiro atoms. The monoisotopic (exact) mass is 429 g/mol. The zero-order valence-electron chi connectivity index (χ0n) is 17.0. The molecule has 0 aliphatic rings. The second-order valence-electron chi connectivity index (χ2n) is 6.54. The SMILES string of the molecule is COSN(C)c1cccc(-c2nc(Nc3ccccc3)cc(NC(C)C)n2)c1.S. The van der Waals surface area contributed by atoms with E-state index in [1.807, 2.05) is 72.0 Å². The van der Waals surface area contributed by atoms with Crippen LogP contribution in [-0.4, -0.2) is 30.2 Å². The molecule has 2 aromatic carbocycles. The van der Waals surface area contributed by atoms with E-state index in [-0.39, 0.29) is 19.5 Å². The molecule has 8 heteroatoms. The van der Waals surface area contributed by atoms with Gasteiger partial charge in [0.2, 0.25) is 0 Å². The van der Waals surface area contributed by atoms with Crippen LogP contribution in [0.4, 0.5) is 23.0 Å². The highest BCUT2D eigenvalue weighted by molar-refractivity contribution is 7.96. The van der Waals surface area contributed by atoms with Crippen molar-refractivity contribution in [3.63, 3.8) is 0 Å². The largest absolute Gasteiger partial charge is 0.368 e. The van der Waals surface area contributed by atoms with E-state index in [0.29, 0.717) is 5.82 Å². The molecule has 0 atom stereocenters. The number of benzene rings is 2. The maximum Gasteiger partial charge on any atom is 0.163 e. The van der Waals surface area contributed by atoms with Gasteiger partial charge in [-0.3, -0.25) is 4.31 Å². The van der Waals surface area contributed by atoms with Crippen molar-refractivity contribution in [3.8, 4) is 11.4 Å². The summed E-state index contributed by atoms with van der Waals surface area (Å²) in [5.41, 5.74) is 2.92. The van der Waals surface area contributed by atoms with Gasteiger partial charge in [-0.15, -0.1) is 0 Å². The average Bonchev–Trinajstić information content (AvgIpc) is 2.68. The Morgan fingerprint density at radius 3 is 2.38 bits per heavy atom. The molecule has 0 radical (unpaired) electrons. The summed E-state index contributed by atoms with van der Waals surface area (Å²) in [6, 6.07) is 20.3. The fourth-order valence-electron chi connectivity index (χ4n) is 2.68. The van der Waals surface area contributed by atoms with Gasteiger partial charge in [-0.1, -0.05) is 30.3 Å². The van der Waals surface area contributed by atoms with Crippen LogP contribution in [0.3, 0.4) is 0 Å². The molecule has 3 rings (SSSR count). The van der Waals surface area contributed by atoms with Gasteiger partial charge in [0, 0.05) is 36.1 Å². The van der Waals surface area contributed by atoms with Gasteiger partial charge in [-0.25, -0.2) is 9.97 Å². The lowest BCUT2D eigenvalue weighted by atomic mass is 10.2. The first-order valence-electron chi connectivity index (χ1n) is 9.08. The molecule has 0 saturated heterocycles. The highest BCUT2D eigenvalue weighted by atomic mass is 32.2. The predicted molar refractivity (Wildman–Crippen MR) is 129 cm³/mol. The minimum absolute atomic E-state index is 0. The van der Waals surface area contributed by atoms with Crippen LogP contribution in [0.25, 0.3) is 11.4 Å². The van der Waals surface area contributed by atoms with Gasteiger partial charge in [0.1, 0.15) is 23.9 Å². The van der Waals surface area contributed by atoms with E-state index in [1.54, 1.807) is 7.11 Å². The molecule has 2 N–H and O–H groups in total. The number of rotatable bonds is 8.